The minimum Gasteiger partial charge on any atom is -0.480 e. The van der Waals surface area contributed by atoms with Gasteiger partial charge in [0.2, 0.25) is 5.91 Å². The predicted molar refractivity (Wildman–Crippen MR) is 98.9 cm³/mol. The first-order chi connectivity index (χ1) is 11.6. The lowest BCUT2D eigenvalue weighted by molar-refractivity contribution is -0.139. The molecule has 0 saturated heterocycles. The smallest absolute Gasteiger partial charge is 0.320 e. The molecule has 0 aromatic carbocycles. The zero-order valence-electron chi connectivity index (χ0n) is 15.5. The van der Waals surface area contributed by atoms with Crippen LogP contribution in [0.3, 0.4) is 0 Å². The molecule has 1 unspecified atom stereocenters. The number of carboxylic acids is 1. The van der Waals surface area contributed by atoms with Gasteiger partial charge in [0.15, 0.2) is 0 Å². The van der Waals surface area contributed by atoms with Gasteiger partial charge >= 0.3 is 5.97 Å². The number of nitrogens with two attached hydrogens (primary N) is 1. The number of amides is 1. The van der Waals surface area contributed by atoms with Gasteiger partial charge in [0.05, 0.1) is 0 Å². The topological polar surface area (TPSA) is 92.4 Å². The van der Waals surface area contributed by atoms with Crippen molar-refractivity contribution in [3.63, 3.8) is 0 Å². The van der Waals surface area contributed by atoms with Crippen molar-refractivity contribution >= 4 is 11.9 Å². The second-order valence-corrected chi connectivity index (χ2v) is 6.74. The van der Waals surface area contributed by atoms with E-state index < -0.39 is 17.9 Å². The molecule has 142 valence electrons. The molecule has 0 rings (SSSR count). The summed E-state index contributed by atoms with van der Waals surface area (Å²) in [6, 6.07) is -0.662. The normalized spacial score (nSPS) is 12.2. The summed E-state index contributed by atoms with van der Waals surface area (Å²) in [7, 11) is 0. The summed E-state index contributed by atoms with van der Waals surface area (Å²) < 4.78 is 0. The largest absolute Gasteiger partial charge is 0.480 e. The number of unbranched alkanes of at least 4 members (excludes halogenated alkanes) is 11. The summed E-state index contributed by atoms with van der Waals surface area (Å²) in [4.78, 5) is 21.8. The van der Waals surface area contributed by atoms with Crippen LogP contribution >= 0.6 is 0 Å². The number of nitrogens with one attached hydrogen (secondary N) is 1. The Kier molecular flexibility index (Phi) is 16.0. The number of carboxylic acid groups (broad SMARTS) is 1. The van der Waals surface area contributed by atoms with Crippen molar-refractivity contribution in [1.82, 2.24) is 5.32 Å². The number of hydrogen-bond donors (Lipinski definition) is 3. The fourth-order valence-corrected chi connectivity index (χ4v) is 2.84. The fourth-order valence-electron chi connectivity index (χ4n) is 2.84. The van der Waals surface area contributed by atoms with Crippen LogP contribution in [0.1, 0.15) is 96.8 Å². The van der Waals surface area contributed by atoms with Crippen molar-refractivity contribution in [1.29, 1.82) is 0 Å². The van der Waals surface area contributed by atoms with Crippen molar-refractivity contribution in [2.45, 2.75) is 103 Å². The highest BCUT2D eigenvalue weighted by Gasteiger charge is 2.16. The average Bonchev–Trinajstić information content (AvgIpc) is 2.54. The number of hydrogen-bond acceptors (Lipinski definition) is 3. The van der Waals surface area contributed by atoms with Crippen LogP contribution in [0.2, 0.25) is 0 Å². The Morgan fingerprint density at radius 1 is 0.875 bits per heavy atom. The molecule has 0 fully saturated rings. The van der Waals surface area contributed by atoms with Crippen molar-refractivity contribution in [2.24, 2.45) is 5.73 Å². The Hall–Kier alpha value is -1.10. The van der Waals surface area contributed by atoms with Gasteiger partial charge in [-0.2, -0.15) is 0 Å². The molecule has 0 bridgehead atoms. The van der Waals surface area contributed by atoms with Gasteiger partial charge < -0.3 is 16.2 Å². The number of rotatable bonds is 18. The van der Waals surface area contributed by atoms with Crippen molar-refractivity contribution in [3.8, 4) is 0 Å². The highest BCUT2D eigenvalue weighted by atomic mass is 16.4. The molecule has 0 heterocycles. The second-order valence-electron chi connectivity index (χ2n) is 6.74. The molecule has 0 aliphatic carbocycles. The molecule has 5 nitrogen and oxygen atoms in total. The molecule has 0 aliphatic rings. The Labute approximate surface area is 147 Å². The third kappa shape index (κ3) is 15.8. The van der Waals surface area contributed by atoms with Crippen molar-refractivity contribution in [3.05, 3.63) is 0 Å². The van der Waals surface area contributed by atoms with Gasteiger partial charge in [-0.05, 0) is 19.4 Å². The summed E-state index contributed by atoms with van der Waals surface area (Å²) in [5.74, 6) is -1.36. The Morgan fingerprint density at radius 2 is 1.33 bits per heavy atom. The molecular weight excluding hydrogens is 304 g/mol. The van der Waals surface area contributed by atoms with E-state index in [0.717, 1.165) is 12.8 Å². The molecule has 5 heteroatoms. The van der Waals surface area contributed by atoms with E-state index in [-0.39, 0.29) is 12.8 Å². The van der Waals surface area contributed by atoms with Gasteiger partial charge in [-0.1, -0.05) is 77.6 Å². The van der Waals surface area contributed by atoms with E-state index in [4.69, 9.17) is 10.8 Å². The van der Waals surface area contributed by atoms with Crippen LogP contribution in [0.25, 0.3) is 0 Å². The average molecular weight is 343 g/mol. The monoisotopic (exact) mass is 342 g/mol. The molecular formula is C19H38N2O3. The van der Waals surface area contributed by atoms with E-state index in [1.54, 1.807) is 0 Å². The maximum absolute atomic E-state index is 11.0. The number of primary amides is 1. The number of carbonyl (C=O) groups is 2. The first-order valence-corrected chi connectivity index (χ1v) is 9.82. The highest BCUT2D eigenvalue weighted by Crippen LogP contribution is 2.11. The summed E-state index contributed by atoms with van der Waals surface area (Å²) >= 11 is 0. The Bertz CT molecular complexity index is 322. The summed E-state index contributed by atoms with van der Waals surface area (Å²) in [5, 5.41) is 12.1. The summed E-state index contributed by atoms with van der Waals surface area (Å²) in [6.07, 6.45) is 15.9. The van der Waals surface area contributed by atoms with E-state index in [2.05, 4.69) is 12.2 Å². The quantitative estimate of drug-likeness (QED) is 0.328. The standard InChI is InChI=1S/C19H38N2O3/c1-2-3-4-5-6-7-8-9-10-11-12-13-16-21-17(19(23)24)14-15-18(20)22/h17,21H,2-16H2,1H3,(H2,20,22)(H,23,24). The first-order valence-electron chi connectivity index (χ1n) is 9.82. The third-order valence-electron chi connectivity index (χ3n) is 4.40. The first kappa shape index (κ1) is 22.9. The van der Waals surface area contributed by atoms with Crippen LogP contribution in [0.5, 0.6) is 0 Å². The lowest BCUT2D eigenvalue weighted by atomic mass is 10.1. The molecule has 0 radical (unpaired) electrons. The van der Waals surface area contributed by atoms with Crippen LogP contribution in [-0.2, 0) is 9.59 Å². The lowest BCUT2D eigenvalue weighted by Crippen LogP contribution is -2.38. The molecule has 1 amide bonds. The van der Waals surface area contributed by atoms with Crippen LogP contribution < -0.4 is 11.1 Å². The Balaban J connectivity index is 3.36. The highest BCUT2D eigenvalue weighted by molar-refractivity contribution is 5.77. The molecule has 0 spiro atoms. The minimum atomic E-state index is -0.907. The van der Waals surface area contributed by atoms with E-state index in [1.807, 2.05) is 0 Å². The molecule has 0 saturated carbocycles. The zero-order valence-corrected chi connectivity index (χ0v) is 15.5. The van der Waals surface area contributed by atoms with Gasteiger partial charge in [-0.3, -0.25) is 9.59 Å². The fraction of sp³-hybridized carbons (Fsp3) is 0.895. The zero-order chi connectivity index (χ0) is 18.0. The van der Waals surface area contributed by atoms with E-state index in [9.17, 15) is 9.59 Å². The minimum absolute atomic E-state index is 0.114. The molecule has 1 atom stereocenters. The van der Waals surface area contributed by atoms with Gasteiger partial charge in [-0.25, -0.2) is 0 Å². The maximum Gasteiger partial charge on any atom is 0.320 e. The van der Waals surface area contributed by atoms with Crippen LogP contribution in [0.4, 0.5) is 0 Å². The number of aliphatic carboxylic acids is 1. The van der Waals surface area contributed by atoms with Gasteiger partial charge in [0.25, 0.3) is 0 Å². The van der Waals surface area contributed by atoms with Crippen LogP contribution in [0.15, 0.2) is 0 Å². The molecule has 0 aliphatic heterocycles. The molecule has 0 aromatic rings. The van der Waals surface area contributed by atoms with E-state index in [1.165, 1.54) is 64.2 Å². The van der Waals surface area contributed by atoms with Crippen LogP contribution in [-0.4, -0.2) is 29.6 Å². The van der Waals surface area contributed by atoms with E-state index in [0.29, 0.717) is 6.54 Å². The van der Waals surface area contributed by atoms with Crippen molar-refractivity contribution < 1.29 is 14.7 Å². The lowest BCUT2D eigenvalue weighted by Gasteiger charge is -2.13. The molecule has 0 aromatic heterocycles. The van der Waals surface area contributed by atoms with E-state index >= 15 is 0 Å². The van der Waals surface area contributed by atoms with Gasteiger partial charge in [0, 0.05) is 6.42 Å². The van der Waals surface area contributed by atoms with Crippen LogP contribution in [0, 0.1) is 0 Å². The summed E-state index contributed by atoms with van der Waals surface area (Å²) in [5.41, 5.74) is 5.06. The summed E-state index contributed by atoms with van der Waals surface area (Å²) in [6.45, 7) is 2.94. The van der Waals surface area contributed by atoms with Gasteiger partial charge in [0.1, 0.15) is 6.04 Å². The third-order valence-corrected chi connectivity index (χ3v) is 4.40. The van der Waals surface area contributed by atoms with Gasteiger partial charge in [-0.15, -0.1) is 0 Å². The molecule has 4 N–H and O–H groups in total. The SMILES string of the molecule is CCCCCCCCCCCCCCNC(CCC(N)=O)C(=O)O. The van der Waals surface area contributed by atoms with Crippen molar-refractivity contribution in [2.75, 3.05) is 6.54 Å². The number of carbonyl (C=O) groups excluding carboxylic acids is 1. The maximum atomic E-state index is 11.0. The predicted octanol–water partition coefficient (Wildman–Crippen LogP) is 4.00. The Morgan fingerprint density at radius 3 is 1.75 bits per heavy atom. The second kappa shape index (κ2) is 16.7. The molecule has 24 heavy (non-hydrogen) atoms.